The highest BCUT2D eigenvalue weighted by Crippen LogP contribution is 2.23. The van der Waals surface area contributed by atoms with E-state index in [-0.39, 0.29) is 0 Å². The number of amides is 1. The Morgan fingerprint density at radius 1 is 1.33 bits per heavy atom. The summed E-state index contributed by atoms with van der Waals surface area (Å²) in [4.78, 5) is 10.6. The topological polar surface area (TPSA) is 52.3 Å². The van der Waals surface area contributed by atoms with E-state index in [2.05, 4.69) is 0 Å². The standard InChI is InChI=1S/C12H15NO2/c1-8-7-11(15-3)9(2)6-10(8)4-5-12(13)14/h4-7H,1-3H3,(H2,13,14). The van der Waals surface area contributed by atoms with Crippen molar-refractivity contribution in [1.82, 2.24) is 0 Å². The molecule has 0 aliphatic rings. The van der Waals surface area contributed by atoms with Gasteiger partial charge in [-0.1, -0.05) is 0 Å². The second-order valence-electron chi connectivity index (χ2n) is 3.41. The van der Waals surface area contributed by atoms with Gasteiger partial charge in [0.2, 0.25) is 5.91 Å². The maximum Gasteiger partial charge on any atom is 0.241 e. The molecule has 0 saturated carbocycles. The van der Waals surface area contributed by atoms with Gasteiger partial charge in [-0.15, -0.1) is 0 Å². The average molecular weight is 205 g/mol. The van der Waals surface area contributed by atoms with Crippen LogP contribution in [0.3, 0.4) is 0 Å². The summed E-state index contributed by atoms with van der Waals surface area (Å²) < 4.78 is 5.19. The number of primary amides is 1. The first kappa shape index (κ1) is 11.3. The van der Waals surface area contributed by atoms with Gasteiger partial charge in [0, 0.05) is 6.08 Å². The van der Waals surface area contributed by atoms with E-state index in [0.29, 0.717) is 0 Å². The fourth-order valence-electron chi connectivity index (χ4n) is 1.38. The number of methoxy groups -OCH3 is 1. The molecule has 0 bridgehead atoms. The van der Waals surface area contributed by atoms with E-state index < -0.39 is 5.91 Å². The SMILES string of the molecule is COc1cc(C)c(C=CC(N)=O)cc1C. The van der Waals surface area contributed by atoms with E-state index in [4.69, 9.17) is 10.5 Å². The van der Waals surface area contributed by atoms with E-state index in [0.717, 1.165) is 22.4 Å². The Labute approximate surface area is 89.5 Å². The maximum atomic E-state index is 10.6. The van der Waals surface area contributed by atoms with Gasteiger partial charge in [-0.2, -0.15) is 0 Å². The Morgan fingerprint density at radius 2 is 2.00 bits per heavy atom. The lowest BCUT2D eigenvalue weighted by atomic mass is 10.0. The summed E-state index contributed by atoms with van der Waals surface area (Å²) in [7, 11) is 1.64. The van der Waals surface area contributed by atoms with Crippen molar-refractivity contribution < 1.29 is 9.53 Å². The van der Waals surface area contributed by atoms with E-state index in [1.54, 1.807) is 13.2 Å². The van der Waals surface area contributed by atoms with Crippen molar-refractivity contribution in [3.05, 3.63) is 34.9 Å². The van der Waals surface area contributed by atoms with Crippen molar-refractivity contribution in [2.45, 2.75) is 13.8 Å². The number of nitrogens with two attached hydrogens (primary N) is 1. The normalized spacial score (nSPS) is 10.6. The Balaban J connectivity index is 3.10. The van der Waals surface area contributed by atoms with Gasteiger partial charge in [0.25, 0.3) is 0 Å². The van der Waals surface area contributed by atoms with Gasteiger partial charge >= 0.3 is 0 Å². The highest BCUT2D eigenvalue weighted by atomic mass is 16.5. The van der Waals surface area contributed by atoms with Crippen molar-refractivity contribution in [2.24, 2.45) is 5.73 Å². The minimum Gasteiger partial charge on any atom is -0.496 e. The molecule has 15 heavy (non-hydrogen) atoms. The van der Waals surface area contributed by atoms with Gasteiger partial charge in [-0.05, 0) is 48.7 Å². The molecule has 0 fully saturated rings. The lowest BCUT2D eigenvalue weighted by Crippen LogP contribution is -2.05. The van der Waals surface area contributed by atoms with Crippen molar-refractivity contribution in [1.29, 1.82) is 0 Å². The van der Waals surface area contributed by atoms with Crippen LogP contribution in [-0.2, 0) is 4.79 Å². The third-order valence-electron chi connectivity index (χ3n) is 2.21. The molecule has 3 heteroatoms. The molecular formula is C12H15NO2. The van der Waals surface area contributed by atoms with E-state index in [1.807, 2.05) is 26.0 Å². The van der Waals surface area contributed by atoms with Crippen molar-refractivity contribution in [3.8, 4) is 5.75 Å². The van der Waals surface area contributed by atoms with Gasteiger partial charge < -0.3 is 10.5 Å². The predicted molar refractivity (Wildman–Crippen MR) is 60.7 cm³/mol. The predicted octanol–water partition coefficient (Wildman–Crippen LogP) is 1.81. The molecule has 0 heterocycles. The summed E-state index contributed by atoms with van der Waals surface area (Å²) in [6.45, 7) is 3.92. The summed E-state index contributed by atoms with van der Waals surface area (Å²) in [6, 6.07) is 3.91. The van der Waals surface area contributed by atoms with Crippen LogP contribution >= 0.6 is 0 Å². The molecule has 0 spiro atoms. The lowest BCUT2D eigenvalue weighted by Gasteiger charge is -2.08. The van der Waals surface area contributed by atoms with Crippen LogP contribution in [0.15, 0.2) is 18.2 Å². The molecule has 0 unspecified atom stereocenters. The minimum absolute atomic E-state index is 0.442. The first-order valence-corrected chi connectivity index (χ1v) is 4.67. The Morgan fingerprint density at radius 3 is 2.53 bits per heavy atom. The minimum atomic E-state index is -0.442. The number of carbonyl (C=O) groups is 1. The van der Waals surface area contributed by atoms with Crippen LogP contribution in [0.2, 0.25) is 0 Å². The molecule has 0 aromatic heterocycles. The lowest BCUT2D eigenvalue weighted by molar-refractivity contribution is -0.113. The van der Waals surface area contributed by atoms with Crippen molar-refractivity contribution in [2.75, 3.05) is 7.11 Å². The number of carbonyl (C=O) groups excluding carboxylic acids is 1. The highest BCUT2D eigenvalue weighted by molar-refractivity contribution is 5.90. The number of hydrogen-bond donors (Lipinski definition) is 1. The number of aryl methyl sites for hydroxylation is 2. The van der Waals surface area contributed by atoms with Gasteiger partial charge in [-0.25, -0.2) is 0 Å². The van der Waals surface area contributed by atoms with Crippen LogP contribution in [-0.4, -0.2) is 13.0 Å². The third kappa shape index (κ3) is 2.84. The zero-order valence-electron chi connectivity index (χ0n) is 9.20. The molecule has 1 aromatic carbocycles. The molecule has 0 aliphatic heterocycles. The van der Waals surface area contributed by atoms with Crippen molar-refractivity contribution >= 4 is 12.0 Å². The van der Waals surface area contributed by atoms with Gasteiger partial charge in [0.05, 0.1) is 7.11 Å². The van der Waals surface area contributed by atoms with E-state index >= 15 is 0 Å². The summed E-state index contributed by atoms with van der Waals surface area (Å²) >= 11 is 0. The van der Waals surface area contributed by atoms with Crippen LogP contribution in [0.4, 0.5) is 0 Å². The summed E-state index contributed by atoms with van der Waals surface area (Å²) in [5.74, 6) is 0.409. The number of ether oxygens (including phenoxy) is 1. The molecule has 1 rings (SSSR count). The monoisotopic (exact) mass is 205 g/mol. The first-order valence-electron chi connectivity index (χ1n) is 4.67. The van der Waals surface area contributed by atoms with Crippen molar-refractivity contribution in [3.63, 3.8) is 0 Å². The zero-order chi connectivity index (χ0) is 11.4. The fraction of sp³-hybridized carbons (Fsp3) is 0.250. The molecule has 2 N–H and O–H groups in total. The fourth-order valence-corrected chi connectivity index (χ4v) is 1.38. The first-order chi connectivity index (χ1) is 7.04. The second-order valence-corrected chi connectivity index (χ2v) is 3.41. The Bertz CT molecular complexity index is 408. The van der Waals surface area contributed by atoms with Gasteiger partial charge in [0.1, 0.15) is 5.75 Å². The number of rotatable bonds is 3. The van der Waals surface area contributed by atoms with Crippen LogP contribution in [0.1, 0.15) is 16.7 Å². The third-order valence-corrected chi connectivity index (χ3v) is 2.21. The van der Waals surface area contributed by atoms with Gasteiger partial charge in [-0.3, -0.25) is 4.79 Å². The average Bonchev–Trinajstić information content (AvgIpc) is 2.18. The van der Waals surface area contributed by atoms with Crippen LogP contribution < -0.4 is 10.5 Å². The summed E-state index contributed by atoms with van der Waals surface area (Å²) in [5, 5.41) is 0. The molecule has 0 atom stereocenters. The Hall–Kier alpha value is -1.77. The number of benzene rings is 1. The maximum absolute atomic E-state index is 10.6. The summed E-state index contributed by atoms with van der Waals surface area (Å²) in [6.07, 6.45) is 3.07. The van der Waals surface area contributed by atoms with Crippen LogP contribution in [0, 0.1) is 13.8 Å². The second kappa shape index (κ2) is 4.64. The molecule has 0 saturated heterocycles. The Kier molecular flexibility index (Phi) is 3.50. The van der Waals surface area contributed by atoms with Crippen LogP contribution in [0.25, 0.3) is 6.08 Å². The largest absolute Gasteiger partial charge is 0.496 e. The smallest absolute Gasteiger partial charge is 0.241 e. The molecule has 0 aliphatic carbocycles. The van der Waals surface area contributed by atoms with Crippen LogP contribution in [0.5, 0.6) is 5.75 Å². The molecule has 0 radical (unpaired) electrons. The molecule has 3 nitrogen and oxygen atoms in total. The van der Waals surface area contributed by atoms with E-state index in [1.165, 1.54) is 6.08 Å². The molecule has 1 amide bonds. The zero-order valence-corrected chi connectivity index (χ0v) is 9.20. The quantitative estimate of drug-likeness (QED) is 0.765. The highest BCUT2D eigenvalue weighted by Gasteiger charge is 2.02. The molecular weight excluding hydrogens is 190 g/mol. The molecule has 1 aromatic rings. The van der Waals surface area contributed by atoms with E-state index in [9.17, 15) is 4.79 Å². The number of hydrogen-bond acceptors (Lipinski definition) is 2. The van der Waals surface area contributed by atoms with Gasteiger partial charge in [0.15, 0.2) is 0 Å². The molecule has 80 valence electrons. The summed E-state index contributed by atoms with van der Waals surface area (Å²) in [5.41, 5.74) is 8.10.